The largest absolute Gasteiger partial charge is 0.356 e. The number of aryl methyl sites for hydroxylation is 2. The molecule has 3 aromatic rings. The Morgan fingerprint density at radius 3 is 2.62 bits per heavy atom. The van der Waals surface area contributed by atoms with E-state index in [0.717, 1.165) is 45.9 Å². The fourth-order valence-electron chi connectivity index (χ4n) is 2.43. The van der Waals surface area contributed by atoms with Gasteiger partial charge in [0.05, 0.1) is 22.9 Å². The Balaban J connectivity index is 1.47. The summed E-state index contributed by atoms with van der Waals surface area (Å²) in [6.45, 7) is 5.62. The molecule has 0 aliphatic heterocycles. The quantitative estimate of drug-likeness (QED) is 0.501. The number of aromatic nitrogens is 2. The predicted molar refractivity (Wildman–Crippen MR) is 111 cm³/mol. The highest BCUT2D eigenvalue weighted by atomic mass is 32.1. The molecule has 0 saturated carbocycles. The van der Waals surface area contributed by atoms with Crippen molar-refractivity contribution in [3.05, 3.63) is 57.0 Å². The highest BCUT2D eigenvalue weighted by Gasteiger charge is 2.06. The van der Waals surface area contributed by atoms with Gasteiger partial charge in [0.15, 0.2) is 5.96 Å². The van der Waals surface area contributed by atoms with Crippen LogP contribution in [0.25, 0.3) is 10.6 Å². The molecule has 0 saturated heterocycles. The van der Waals surface area contributed by atoms with Crippen LogP contribution in [0.15, 0.2) is 40.7 Å². The van der Waals surface area contributed by atoms with Crippen molar-refractivity contribution < 1.29 is 0 Å². The van der Waals surface area contributed by atoms with E-state index in [2.05, 4.69) is 52.0 Å². The van der Waals surface area contributed by atoms with Gasteiger partial charge in [-0.2, -0.15) is 0 Å². The number of benzene rings is 1. The van der Waals surface area contributed by atoms with Gasteiger partial charge in [-0.3, -0.25) is 4.99 Å². The molecule has 0 aliphatic carbocycles. The molecule has 0 atom stereocenters. The van der Waals surface area contributed by atoms with Crippen LogP contribution in [0.5, 0.6) is 0 Å². The molecule has 1 aromatic carbocycles. The molecule has 0 unspecified atom stereocenters. The van der Waals surface area contributed by atoms with Gasteiger partial charge in [0.2, 0.25) is 0 Å². The Labute approximate surface area is 162 Å². The number of aliphatic imine (C=N–C) groups is 1. The number of hydrogen-bond donors (Lipinski definition) is 2. The van der Waals surface area contributed by atoms with E-state index in [1.807, 2.05) is 18.2 Å². The predicted octanol–water partition coefficient (Wildman–Crippen LogP) is 3.79. The SMILES string of the molecule is CN=C(NCCc1nc(C)c(C)s1)NCc1csc(-c2ccccc2)n1. The molecule has 136 valence electrons. The third-order valence-corrected chi connectivity index (χ3v) is 6.01. The maximum absolute atomic E-state index is 4.69. The van der Waals surface area contributed by atoms with Crippen molar-refractivity contribution in [3.8, 4) is 10.6 Å². The zero-order valence-electron chi connectivity index (χ0n) is 15.2. The lowest BCUT2D eigenvalue weighted by Gasteiger charge is -2.10. The molecule has 0 spiro atoms. The van der Waals surface area contributed by atoms with Gasteiger partial charge in [-0.25, -0.2) is 9.97 Å². The Morgan fingerprint density at radius 2 is 1.92 bits per heavy atom. The molecule has 0 fully saturated rings. The minimum Gasteiger partial charge on any atom is -0.356 e. The van der Waals surface area contributed by atoms with Crippen molar-refractivity contribution >= 4 is 28.6 Å². The zero-order chi connectivity index (χ0) is 18.4. The van der Waals surface area contributed by atoms with E-state index in [1.54, 1.807) is 29.7 Å². The first-order chi connectivity index (χ1) is 12.7. The zero-order valence-corrected chi connectivity index (χ0v) is 16.9. The number of thiazole rings is 2. The Bertz CT molecular complexity index is 848. The van der Waals surface area contributed by atoms with Crippen molar-refractivity contribution in [2.24, 2.45) is 4.99 Å². The molecule has 0 amide bonds. The van der Waals surface area contributed by atoms with Crippen LogP contribution in [0.4, 0.5) is 0 Å². The van der Waals surface area contributed by atoms with E-state index < -0.39 is 0 Å². The van der Waals surface area contributed by atoms with E-state index in [-0.39, 0.29) is 0 Å². The highest BCUT2D eigenvalue weighted by molar-refractivity contribution is 7.13. The van der Waals surface area contributed by atoms with Crippen LogP contribution in [0.1, 0.15) is 21.3 Å². The summed E-state index contributed by atoms with van der Waals surface area (Å²) in [5.41, 5.74) is 3.30. The minimum absolute atomic E-state index is 0.651. The van der Waals surface area contributed by atoms with E-state index in [9.17, 15) is 0 Å². The van der Waals surface area contributed by atoms with Gasteiger partial charge in [0.25, 0.3) is 0 Å². The van der Waals surface area contributed by atoms with Gasteiger partial charge >= 0.3 is 0 Å². The second kappa shape index (κ2) is 8.91. The van der Waals surface area contributed by atoms with Crippen LogP contribution in [0.3, 0.4) is 0 Å². The average molecular weight is 386 g/mol. The second-order valence-corrected chi connectivity index (χ2v) is 8.01. The Kier molecular flexibility index (Phi) is 6.35. The lowest BCUT2D eigenvalue weighted by Crippen LogP contribution is -2.37. The summed E-state index contributed by atoms with van der Waals surface area (Å²) in [6, 6.07) is 10.2. The summed E-state index contributed by atoms with van der Waals surface area (Å²) in [7, 11) is 1.78. The van der Waals surface area contributed by atoms with Gasteiger partial charge < -0.3 is 10.6 Å². The summed E-state index contributed by atoms with van der Waals surface area (Å²) >= 11 is 3.43. The molecule has 26 heavy (non-hydrogen) atoms. The third-order valence-electron chi connectivity index (χ3n) is 3.94. The molecule has 0 radical (unpaired) electrons. The fourth-order valence-corrected chi connectivity index (χ4v) is 4.19. The summed E-state index contributed by atoms with van der Waals surface area (Å²) in [5, 5.41) is 10.9. The molecule has 0 bridgehead atoms. The fraction of sp³-hybridized carbons (Fsp3) is 0.316. The Hall–Kier alpha value is -2.25. The lowest BCUT2D eigenvalue weighted by molar-refractivity contribution is 0.783. The van der Waals surface area contributed by atoms with Crippen molar-refractivity contribution in [2.75, 3.05) is 13.6 Å². The van der Waals surface area contributed by atoms with Crippen molar-refractivity contribution in [3.63, 3.8) is 0 Å². The topological polar surface area (TPSA) is 62.2 Å². The number of nitrogens with one attached hydrogen (secondary N) is 2. The minimum atomic E-state index is 0.651. The standard InChI is InChI=1S/C19H23N5S2/c1-13-14(2)26-17(23-13)9-10-21-19(20-3)22-11-16-12-25-18(24-16)15-7-5-4-6-8-15/h4-8,12H,9-11H2,1-3H3,(H2,20,21,22). The number of guanidine groups is 1. The van der Waals surface area contributed by atoms with Gasteiger partial charge in [-0.15, -0.1) is 22.7 Å². The summed E-state index contributed by atoms with van der Waals surface area (Å²) in [4.78, 5) is 14.8. The first kappa shape index (κ1) is 18.5. The van der Waals surface area contributed by atoms with Crippen molar-refractivity contribution in [1.29, 1.82) is 0 Å². The second-order valence-electron chi connectivity index (χ2n) is 5.86. The van der Waals surface area contributed by atoms with Crippen LogP contribution in [0.2, 0.25) is 0 Å². The maximum atomic E-state index is 4.69. The van der Waals surface area contributed by atoms with Crippen LogP contribution in [-0.2, 0) is 13.0 Å². The average Bonchev–Trinajstić information content (AvgIpc) is 3.25. The molecule has 0 aliphatic rings. The van der Waals surface area contributed by atoms with E-state index in [4.69, 9.17) is 4.98 Å². The maximum Gasteiger partial charge on any atom is 0.191 e. The van der Waals surface area contributed by atoms with Crippen molar-refractivity contribution in [1.82, 2.24) is 20.6 Å². The highest BCUT2D eigenvalue weighted by Crippen LogP contribution is 2.23. The smallest absolute Gasteiger partial charge is 0.191 e. The van der Waals surface area contributed by atoms with Gasteiger partial charge in [-0.1, -0.05) is 30.3 Å². The first-order valence-electron chi connectivity index (χ1n) is 8.53. The molecule has 7 heteroatoms. The van der Waals surface area contributed by atoms with Gasteiger partial charge in [-0.05, 0) is 13.8 Å². The Morgan fingerprint density at radius 1 is 1.12 bits per heavy atom. The van der Waals surface area contributed by atoms with Gasteiger partial charge in [0.1, 0.15) is 5.01 Å². The third kappa shape index (κ3) is 4.89. The molecule has 3 rings (SSSR count). The van der Waals surface area contributed by atoms with Gasteiger partial charge in [0, 0.05) is 35.8 Å². The molecule has 2 N–H and O–H groups in total. The number of nitrogens with zero attached hydrogens (tertiary/aromatic N) is 3. The summed E-state index contributed by atoms with van der Waals surface area (Å²) in [5.74, 6) is 0.782. The summed E-state index contributed by atoms with van der Waals surface area (Å²) in [6.07, 6.45) is 0.898. The number of rotatable bonds is 6. The first-order valence-corrected chi connectivity index (χ1v) is 10.2. The molecular weight excluding hydrogens is 362 g/mol. The van der Waals surface area contributed by atoms with Crippen LogP contribution in [0, 0.1) is 13.8 Å². The summed E-state index contributed by atoms with van der Waals surface area (Å²) < 4.78 is 0. The van der Waals surface area contributed by atoms with Crippen LogP contribution in [-0.4, -0.2) is 29.5 Å². The van der Waals surface area contributed by atoms with E-state index >= 15 is 0 Å². The number of hydrogen-bond acceptors (Lipinski definition) is 5. The van der Waals surface area contributed by atoms with Crippen molar-refractivity contribution in [2.45, 2.75) is 26.8 Å². The van der Waals surface area contributed by atoms with E-state index in [0.29, 0.717) is 6.54 Å². The molecule has 2 aromatic heterocycles. The lowest BCUT2D eigenvalue weighted by atomic mass is 10.2. The van der Waals surface area contributed by atoms with Crippen LogP contribution >= 0.6 is 22.7 Å². The monoisotopic (exact) mass is 385 g/mol. The molecule has 5 nitrogen and oxygen atoms in total. The molecular formula is C19H23N5S2. The van der Waals surface area contributed by atoms with E-state index in [1.165, 1.54) is 4.88 Å². The molecule has 2 heterocycles. The van der Waals surface area contributed by atoms with Crippen LogP contribution < -0.4 is 10.6 Å². The normalized spacial score (nSPS) is 11.6.